The summed E-state index contributed by atoms with van der Waals surface area (Å²) < 4.78 is 9.79. The molecule has 15 heavy (non-hydrogen) atoms. The molecule has 2 heterocycles. The van der Waals surface area contributed by atoms with Gasteiger partial charge in [0.05, 0.1) is 6.54 Å². The van der Waals surface area contributed by atoms with E-state index in [9.17, 15) is 0 Å². The highest BCUT2D eigenvalue weighted by Gasteiger charge is 2.05. The highest BCUT2D eigenvalue weighted by atomic mass is 16.5. The molecular weight excluding hydrogens is 200 g/mol. The van der Waals surface area contributed by atoms with Crippen LogP contribution in [0.1, 0.15) is 11.7 Å². The molecule has 0 aliphatic heterocycles. The van der Waals surface area contributed by atoms with Crippen LogP contribution in [0.5, 0.6) is 0 Å². The van der Waals surface area contributed by atoms with Crippen molar-refractivity contribution >= 4 is 6.01 Å². The predicted molar refractivity (Wildman–Crippen MR) is 48.7 cm³/mol. The van der Waals surface area contributed by atoms with Gasteiger partial charge in [-0.15, -0.1) is 5.10 Å². The summed E-state index contributed by atoms with van der Waals surface area (Å²) in [6.07, 6.45) is 1.82. The molecule has 0 saturated carbocycles. The Morgan fingerprint density at radius 3 is 3.07 bits per heavy atom. The molecule has 0 fully saturated rings. The minimum Gasteiger partial charge on any atom is -0.408 e. The fraction of sp³-hybridized carbons (Fsp3) is 0.429. The van der Waals surface area contributed by atoms with Crippen LogP contribution in [0.4, 0.5) is 6.01 Å². The van der Waals surface area contributed by atoms with E-state index in [4.69, 9.17) is 10.2 Å². The molecule has 2 aromatic heterocycles. The first-order valence-corrected chi connectivity index (χ1v) is 4.40. The fourth-order valence-corrected chi connectivity index (χ4v) is 0.975. The number of nitrogens with zero attached hydrogens (tertiary/aromatic N) is 4. The summed E-state index contributed by atoms with van der Waals surface area (Å²) in [6.45, 7) is 0.854. The Balaban J connectivity index is 1.88. The van der Waals surface area contributed by atoms with Gasteiger partial charge in [-0.2, -0.15) is 4.98 Å². The first-order valence-electron chi connectivity index (χ1n) is 4.40. The molecule has 0 radical (unpaired) electrons. The number of anilines is 1. The van der Waals surface area contributed by atoms with Gasteiger partial charge in [0.2, 0.25) is 12.3 Å². The van der Waals surface area contributed by atoms with Crippen LogP contribution in [0.25, 0.3) is 0 Å². The zero-order valence-electron chi connectivity index (χ0n) is 7.88. The van der Waals surface area contributed by atoms with E-state index in [2.05, 4.69) is 30.2 Å². The van der Waals surface area contributed by atoms with E-state index in [1.807, 2.05) is 0 Å². The summed E-state index contributed by atoms with van der Waals surface area (Å²) in [7, 11) is 0. The van der Waals surface area contributed by atoms with E-state index in [1.54, 1.807) is 0 Å². The summed E-state index contributed by atoms with van der Waals surface area (Å²) in [5.41, 5.74) is 5.34. The van der Waals surface area contributed by atoms with Crippen molar-refractivity contribution in [2.75, 3.05) is 11.9 Å². The van der Waals surface area contributed by atoms with Crippen LogP contribution in [0.15, 0.2) is 15.3 Å². The van der Waals surface area contributed by atoms with Gasteiger partial charge in [-0.25, -0.2) is 0 Å². The third kappa shape index (κ3) is 2.50. The smallest absolute Gasteiger partial charge is 0.315 e. The average Bonchev–Trinajstić information content (AvgIpc) is 2.85. The summed E-state index contributed by atoms with van der Waals surface area (Å²) in [6, 6.07) is 0.322. The van der Waals surface area contributed by atoms with Gasteiger partial charge in [0.15, 0.2) is 5.82 Å². The molecule has 8 heteroatoms. The molecular formula is C7H10N6O2. The number of nitrogens with two attached hydrogens (primary N) is 1. The lowest BCUT2D eigenvalue weighted by atomic mass is 10.4. The Bertz CT molecular complexity index is 397. The number of nitrogens with one attached hydrogen (secondary N) is 1. The van der Waals surface area contributed by atoms with E-state index in [0.29, 0.717) is 37.2 Å². The maximum atomic E-state index is 5.34. The summed E-state index contributed by atoms with van der Waals surface area (Å²) in [5, 5.41) is 14.0. The normalized spacial score (nSPS) is 10.5. The van der Waals surface area contributed by atoms with E-state index < -0.39 is 0 Å². The molecule has 2 aromatic rings. The largest absolute Gasteiger partial charge is 0.408 e. The van der Waals surface area contributed by atoms with Crippen LogP contribution in [-0.2, 0) is 13.0 Å². The number of aromatic nitrogens is 4. The summed E-state index contributed by atoms with van der Waals surface area (Å²) in [5.74, 6) is 1.03. The van der Waals surface area contributed by atoms with Crippen molar-refractivity contribution in [1.82, 2.24) is 20.3 Å². The lowest BCUT2D eigenvalue weighted by Crippen LogP contribution is -2.02. The third-order valence-corrected chi connectivity index (χ3v) is 1.63. The van der Waals surface area contributed by atoms with Gasteiger partial charge in [0.25, 0.3) is 0 Å². The third-order valence-electron chi connectivity index (χ3n) is 1.63. The van der Waals surface area contributed by atoms with Crippen molar-refractivity contribution in [2.24, 2.45) is 5.73 Å². The average molecular weight is 210 g/mol. The SMILES string of the molecule is NCCc1nnc(NCc2ncon2)o1. The molecule has 0 unspecified atom stereocenters. The van der Waals surface area contributed by atoms with Crippen molar-refractivity contribution in [3.63, 3.8) is 0 Å². The molecule has 0 aromatic carbocycles. The van der Waals surface area contributed by atoms with E-state index >= 15 is 0 Å². The molecule has 0 aliphatic rings. The van der Waals surface area contributed by atoms with Crippen LogP contribution in [0.3, 0.4) is 0 Å². The molecule has 0 bridgehead atoms. The standard InChI is InChI=1S/C7H10N6O2/c8-2-1-6-11-12-7(15-6)9-3-5-10-4-14-13-5/h4H,1-3,8H2,(H,9,12). The van der Waals surface area contributed by atoms with E-state index in [1.165, 1.54) is 6.39 Å². The van der Waals surface area contributed by atoms with Gasteiger partial charge in [0.1, 0.15) is 0 Å². The van der Waals surface area contributed by atoms with Gasteiger partial charge in [-0.3, -0.25) is 0 Å². The van der Waals surface area contributed by atoms with Crippen molar-refractivity contribution < 1.29 is 8.94 Å². The highest BCUT2D eigenvalue weighted by Crippen LogP contribution is 2.06. The van der Waals surface area contributed by atoms with Gasteiger partial charge in [-0.05, 0) is 0 Å². The lowest BCUT2D eigenvalue weighted by molar-refractivity contribution is 0.410. The number of hydrogen-bond donors (Lipinski definition) is 2. The topological polar surface area (TPSA) is 116 Å². The molecule has 0 saturated heterocycles. The maximum absolute atomic E-state index is 5.34. The number of hydrogen-bond acceptors (Lipinski definition) is 8. The van der Waals surface area contributed by atoms with Gasteiger partial charge in [0, 0.05) is 13.0 Å². The molecule has 3 N–H and O–H groups in total. The Labute approximate surface area is 84.9 Å². The van der Waals surface area contributed by atoms with Crippen LogP contribution >= 0.6 is 0 Å². The molecule has 0 spiro atoms. The first kappa shape index (κ1) is 9.59. The van der Waals surface area contributed by atoms with Crippen LogP contribution < -0.4 is 11.1 Å². The van der Waals surface area contributed by atoms with E-state index in [0.717, 1.165) is 0 Å². The van der Waals surface area contributed by atoms with Crippen LogP contribution in [0.2, 0.25) is 0 Å². The second-order valence-electron chi connectivity index (χ2n) is 2.74. The van der Waals surface area contributed by atoms with Crippen LogP contribution in [-0.4, -0.2) is 26.9 Å². The summed E-state index contributed by atoms with van der Waals surface area (Å²) >= 11 is 0. The highest BCUT2D eigenvalue weighted by molar-refractivity contribution is 5.17. The monoisotopic (exact) mass is 210 g/mol. The quantitative estimate of drug-likeness (QED) is 0.682. The zero-order valence-corrected chi connectivity index (χ0v) is 7.88. The van der Waals surface area contributed by atoms with E-state index in [-0.39, 0.29) is 0 Å². The van der Waals surface area contributed by atoms with Gasteiger partial charge in [-0.1, -0.05) is 10.3 Å². The Morgan fingerprint density at radius 1 is 1.40 bits per heavy atom. The second-order valence-corrected chi connectivity index (χ2v) is 2.74. The number of rotatable bonds is 5. The minimum atomic E-state index is 0.322. The second kappa shape index (κ2) is 4.51. The lowest BCUT2D eigenvalue weighted by Gasteiger charge is -1.94. The Morgan fingerprint density at radius 2 is 2.33 bits per heavy atom. The Kier molecular flexibility index (Phi) is 2.88. The fourth-order valence-electron chi connectivity index (χ4n) is 0.975. The molecule has 80 valence electrons. The van der Waals surface area contributed by atoms with Crippen molar-refractivity contribution in [2.45, 2.75) is 13.0 Å². The minimum absolute atomic E-state index is 0.322. The molecule has 0 aliphatic carbocycles. The van der Waals surface area contributed by atoms with Gasteiger partial charge < -0.3 is 20.0 Å². The summed E-state index contributed by atoms with van der Waals surface area (Å²) in [4.78, 5) is 3.82. The molecule has 0 amide bonds. The molecule has 8 nitrogen and oxygen atoms in total. The molecule has 0 atom stereocenters. The van der Waals surface area contributed by atoms with Crippen molar-refractivity contribution in [3.05, 3.63) is 18.1 Å². The molecule has 2 rings (SSSR count). The van der Waals surface area contributed by atoms with Gasteiger partial charge >= 0.3 is 6.01 Å². The Hall–Kier alpha value is -1.96. The van der Waals surface area contributed by atoms with Crippen LogP contribution in [0, 0.1) is 0 Å². The maximum Gasteiger partial charge on any atom is 0.315 e. The predicted octanol–water partition coefficient (Wildman–Crippen LogP) is -0.434. The van der Waals surface area contributed by atoms with Crippen molar-refractivity contribution in [3.8, 4) is 0 Å². The first-order chi connectivity index (χ1) is 7.38. The zero-order chi connectivity index (χ0) is 10.5. The van der Waals surface area contributed by atoms with Crippen molar-refractivity contribution in [1.29, 1.82) is 0 Å².